The number of hydrogen-bond acceptors (Lipinski definition) is 6. The molecule has 7 heteroatoms. The van der Waals surface area contributed by atoms with Crippen LogP contribution in [-0.4, -0.2) is 24.7 Å². The minimum absolute atomic E-state index is 0.185. The van der Waals surface area contributed by atoms with E-state index in [1.54, 1.807) is 72.8 Å². The highest BCUT2D eigenvalue weighted by molar-refractivity contribution is 5.91. The molecular formula is C29H24N2O5. The topological polar surface area (TPSA) is 86.2 Å². The third kappa shape index (κ3) is 7.56. The fourth-order valence-electron chi connectivity index (χ4n) is 3.10. The average Bonchev–Trinajstić information content (AvgIpc) is 2.93. The summed E-state index contributed by atoms with van der Waals surface area (Å²) >= 11 is 0. The molecule has 0 aliphatic rings. The first-order valence-corrected chi connectivity index (χ1v) is 11.2. The first-order chi connectivity index (χ1) is 17.7. The molecule has 4 aromatic carbocycles. The van der Waals surface area contributed by atoms with Crippen LogP contribution in [0.4, 0.5) is 0 Å². The second kappa shape index (κ2) is 12.5. The second-order valence-corrected chi connectivity index (χ2v) is 7.65. The molecule has 0 fully saturated rings. The van der Waals surface area contributed by atoms with Gasteiger partial charge in [-0.25, -0.2) is 10.2 Å². The van der Waals surface area contributed by atoms with Gasteiger partial charge in [0.2, 0.25) is 0 Å². The smallest absolute Gasteiger partial charge is 0.343 e. The third-order valence-electron chi connectivity index (χ3n) is 4.94. The van der Waals surface area contributed by atoms with Gasteiger partial charge < -0.3 is 14.2 Å². The Morgan fingerprint density at radius 1 is 0.694 bits per heavy atom. The molecule has 1 N–H and O–H groups in total. The van der Waals surface area contributed by atoms with Gasteiger partial charge in [-0.05, 0) is 71.8 Å². The number of carbonyl (C=O) groups is 2. The maximum atomic E-state index is 12.1. The van der Waals surface area contributed by atoms with Gasteiger partial charge in [-0.15, -0.1) is 0 Å². The SMILES string of the molecule is O=C(COc1ccc(OCc2ccccc2)cc1)N/N=C\c1ccc(OC(=O)c2ccccc2)cc1. The van der Waals surface area contributed by atoms with Gasteiger partial charge in [-0.3, -0.25) is 4.79 Å². The van der Waals surface area contributed by atoms with E-state index in [0.717, 1.165) is 11.1 Å². The van der Waals surface area contributed by atoms with E-state index in [4.69, 9.17) is 14.2 Å². The van der Waals surface area contributed by atoms with Gasteiger partial charge in [0.25, 0.3) is 5.91 Å². The van der Waals surface area contributed by atoms with Gasteiger partial charge in [-0.1, -0.05) is 48.5 Å². The second-order valence-electron chi connectivity index (χ2n) is 7.65. The largest absolute Gasteiger partial charge is 0.489 e. The number of esters is 1. The number of benzene rings is 4. The van der Waals surface area contributed by atoms with Crippen LogP contribution < -0.4 is 19.6 Å². The van der Waals surface area contributed by atoms with E-state index < -0.39 is 11.9 Å². The van der Waals surface area contributed by atoms with Gasteiger partial charge >= 0.3 is 5.97 Å². The molecule has 0 aliphatic carbocycles. The molecular weight excluding hydrogens is 456 g/mol. The van der Waals surface area contributed by atoms with Crippen molar-refractivity contribution in [2.75, 3.05) is 6.61 Å². The molecule has 180 valence electrons. The summed E-state index contributed by atoms with van der Waals surface area (Å²) < 4.78 is 16.6. The number of rotatable bonds is 10. The monoisotopic (exact) mass is 480 g/mol. The molecule has 0 atom stereocenters. The standard InChI is InChI=1S/C29H24N2O5/c32-28(21-35-26-17-15-25(16-18-26)34-20-23-7-3-1-4-8-23)31-30-19-22-11-13-27(14-12-22)36-29(33)24-9-5-2-6-10-24/h1-19H,20-21H2,(H,31,32)/b30-19-. The molecule has 4 rings (SSSR count). The van der Waals surface area contributed by atoms with E-state index in [1.807, 2.05) is 36.4 Å². The molecule has 0 heterocycles. The molecule has 0 aromatic heterocycles. The lowest BCUT2D eigenvalue weighted by molar-refractivity contribution is -0.123. The van der Waals surface area contributed by atoms with E-state index in [0.29, 0.717) is 29.4 Å². The highest BCUT2D eigenvalue weighted by Crippen LogP contribution is 2.19. The zero-order valence-corrected chi connectivity index (χ0v) is 19.4. The molecule has 0 bridgehead atoms. The lowest BCUT2D eigenvalue weighted by Gasteiger charge is -2.08. The van der Waals surface area contributed by atoms with Crippen molar-refractivity contribution < 1.29 is 23.8 Å². The zero-order valence-electron chi connectivity index (χ0n) is 19.4. The highest BCUT2D eigenvalue weighted by atomic mass is 16.5. The normalized spacial score (nSPS) is 10.6. The summed E-state index contributed by atoms with van der Waals surface area (Å²) in [4.78, 5) is 24.1. The fourth-order valence-corrected chi connectivity index (χ4v) is 3.10. The van der Waals surface area contributed by atoms with Crippen LogP contribution in [0.2, 0.25) is 0 Å². The van der Waals surface area contributed by atoms with Crippen LogP contribution in [-0.2, 0) is 11.4 Å². The van der Waals surface area contributed by atoms with E-state index >= 15 is 0 Å². The molecule has 0 aliphatic heterocycles. The average molecular weight is 481 g/mol. The Kier molecular flexibility index (Phi) is 8.43. The number of nitrogens with zero attached hydrogens (tertiary/aromatic N) is 1. The van der Waals surface area contributed by atoms with Crippen molar-refractivity contribution in [1.82, 2.24) is 5.43 Å². The van der Waals surface area contributed by atoms with Crippen LogP contribution in [0.5, 0.6) is 17.2 Å². The lowest BCUT2D eigenvalue weighted by Crippen LogP contribution is -2.24. The Morgan fingerprint density at radius 2 is 1.28 bits per heavy atom. The molecule has 7 nitrogen and oxygen atoms in total. The Balaban J connectivity index is 1.17. The predicted octanol–water partition coefficient (Wildman–Crippen LogP) is 5.01. The van der Waals surface area contributed by atoms with Gasteiger partial charge in [0.1, 0.15) is 23.9 Å². The number of amides is 1. The fraction of sp³-hybridized carbons (Fsp3) is 0.0690. The van der Waals surface area contributed by atoms with E-state index in [9.17, 15) is 9.59 Å². The van der Waals surface area contributed by atoms with E-state index in [-0.39, 0.29) is 6.61 Å². The van der Waals surface area contributed by atoms with Crippen LogP contribution in [0.1, 0.15) is 21.5 Å². The summed E-state index contributed by atoms with van der Waals surface area (Å²) in [5.41, 5.74) is 4.69. The quantitative estimate of drug-likeness (QED) is 0.149. The van der Waals surface area contributed by atoms with Crippen molar-refractivity contribution in [1.29, 1.82) is 0 Å². The molecule has 0 saturated carbocycles. The first kappa shape index (κ1) is 24.2. The van der Waals surface area contributed by atoms with Crippen molar-refractivity contribution in [3.05, 3.63) is 126 Å². The van der Waals surface area contributed by atoms with Crippen molar-refractivity contribution in [2.24, 2.45) is 5.10 Å². The predicted molar refractivity (Wildman–Crippen MR) is 136 cm³/mol. The number of ether oxygens (including phenoxy) is 3. The molecule has 1 amide bonds. The molecule has 0 saturated heterocycles. The van der Waals surface area contributed by atoms with Crippen LogP contribution in [0.3, 0.4) is 0 Å². The highest BCUT2D eigenvalue weighted by Gasteiger charge is 2.07. The number of hydrogen-bond donors (Lipinski definition) is 1. The summed E-state index contributed by atoms with van der Waals surface area (Å²) in [6, 6.07) is 32.4. The molecule has 0 radical (unpaired) electrons. The summed E-state index contributed by atoms with van der Waals surface area (Å²) in [5.74, 6) is 0.834. The van der Waals surface area contributed by atoms with Crippen LogP contribution in [0.25, 0.3) is 0 Å². The Bertz CT molecular complexity index is 1290. The lowest BCUT2D eigenvalue weighted by atomic mass is 10.2. The van der Waals surface area contributed by atoms with Crippen molar-refractivity contribution in [3.8, 4) is 17.2 Å². The molecule has 36 heavy (non-hydrogen) atoms. The van der Waals surface area contributed by atoms with Gasteiger partial charge in [0.15, 0.2) is 6.61 Å². The van der Waals surface area contributed by atoms with Crippen molar-refractivity contribution in [2.45, 2.75) is 6.61 Å². The van der Waals surface area contributed by atoms with Crippen molar-refractivity contribution >= 4 is 18.1 Å². The van der Waals surface area contributed by atoms with E-state index in [1.165, 1.54) is 6.21 Å². The number of nitrogens with one attached hydrogen (secondary N) is 1. The molecule has 0 unspecified atom stereocenters. The third-order valence-corrected chi connectivity index (χ3v) is 4.94. The molecule has 4 aromatic rings. The summed E-state index contributed by atoms with van der Waals surface area (Å²) in [6.45, 7) is 0.291. The van der Waals surface area contributed by atoms with E-state index in [2.05, 4.69) is 10.5 Å². The van der Waals surface area contributed by atoms with Gasteiger partial charge in [0, 0.05) is 0 Å². The first-order valence-electron chi connectivity index (χ1n) is 11.2. The maximum absolute atomic E-state index is 12.1. The summed E-state index contributed by atoms with van der Waals surface area (Å²) in [6.07, 6.45) is 1.49. The van der Waals surface area contributed by atoms with Gasteiger partial charge in [0.05, 0.1) is 11.8 Å². The van der Waals surface area contributed by atoms with Crippen molar-refractivity contribution in [3.63, 3.8) is 0 Å². The maximum Gasteiger partial charge on any atom is 0.343 e. The summed E-state index contributed by atoms with van der Waals surface area (Å²) in [7, 11) is 0. The minimum Gasteiger partial charge on any atom is -0.489 e. The molecule has 0 spiro atoms. The number of hydrazone groups is 1. The van der Waals surface area contributed by atoms with Gasteiger partial charge in [-0.2, -0.15) is 5.10 Å². The Hall–Kier alpha value is -4.91. The van der Waals surface area contributed by atoms with Crippen LogP contribution in [0, 0.1) is 0 Å². The minimum atomic E-state index is -0.432. The Labute approximate surface area is 209 Å². The zero-order chi connectivity index (χ0) is 25.0. The number of carbonyl (C=O) groups excluding carboxylic acids is 2. The van der Waals surface area contributed by atoms with Crippen LogP contribution >= 0.6 is 0 Å². The summed E-state index contributed by atoms with van der Waals surface area (Å²) in [5, 5.41) is 3.93. The van der Waals surface area contributed by atoms with Crippen LogP contribution in [0.15, 0.2) is 114 Å². The Morgan fingerprint density at radius 3 is 1.94 bits per heavy atom.